The van der Waals surface area contributed by atoms with Crippen molar-refractivity contribution in [3.8, 4) is 0 Å². The molecule has 0 atom stereocenters. The van der Waals surface area contributed by atoms with Crippen LogP contribution in [0.2, 0.25) is 0 Å². The Morgan fingerprint density at radius 2 is 1.67 bits per heavy atom. The number of aliphatic hydroxyl groups excluding tert-OH is 1. The molecule has 2 nitrogen and oxygen atoms in total. The van der Waals surface area contributed by atoms with Crippen LogP contribution in [-0.2, 0) is 0 Å². The monoisotopic (exact) mass is 207 g/mol. The molecule has 0 aliphatic carbocycles. The van der Waals surface area contributed by atoms with E-state index in [2.05, 4.69) is 51.2 Å². The maximum atomic E-state index is 8.95. The summed E-state index contributed by atoms with van der Waals surface area (Å²) in [6, 6.07) is 6.42. The predicted octanol–water partition coefficient (Wildman–Crippen LogP) is 2.88. The van der Waals surface area contributed by atoms with Crippen LogP contribution < -0.4 is 5.32 Å². The lowest BCUT2D eigenvalue weighted by Gasteiger charge is -2.27. The van der Waals surface area contributed by atoms with Crippen molar-refractivity contribution in [2.45, 2.75) is 39.7 Å². The molecular formula is C13H21NO. The first-order valence-corrected chi connectivity index (χ1v) is 5.40. The molecule has 1 aromatic carbocycles. The molecule has 84 valence electrons. The summed E-state index contributed by atoms with van der Waals surface area (Å²) in [5, 5.41) is 12.4. The first kappa shape index (κ1) is 12.1. The number of aryl methyl sites for hydroxylation is 2. The highest BCUT2D eigenvalue weighted by Crippen LogP contribution is 2.20. The zero-order valence-corrected chi connectivity index (χ0v) is 10.1. The molecular weight excluding hydrogens is 186 g/mol. The average Bonchev–Trinajstić information content (AvgIpc) is 1.99. The summed E-state index contributed by atoms with van der Waals surface area (Å²) >= 11 is 0. The van der Waals surface area contributed by atoms with Gasteiger partial charge in [-0.2, -0.15) is 0 Å². The van der Waals surface area contributed by atoms with Gasteiger partial charge < -0.3 is 10.4 Å². The Labute approximate surface area is 92.3 Å². The van der Waals surface area contributed by atoms with Crippen LogP contribution in [0.4, 0.5) is 5.69 Å². The lowest BCUT2D eigenvalue weighted by Crippen LogP contribution is -2.31. The fourth-order valence-electron chi connectivity index (χ4n) is 1.78. The van der Waals surface area contributed by atoms with Gasteiger partial charge in [-0.3, -0.25) is 0 Å². The second-order valence-electron chi connectivity index (χ2n) is 4.86. The summed E-state index contributed by atoms with van der Waals surface area (Å²) in [6.07, 6.45) is 0.750. The summed E-state index contributed by atoms with van der Waals surface area (Å²) in [4.78, 5) is 0. The molecule has 1 rings (SSSR count). The van der Waals surface area contributed by atoms with Crippen molar-refractivity contribution in [1.29, 1.82) is 0 Å². The van der Waals surface area contributed by atoms with E-state index < -0.39 is 0 Å². The van der Waals surface area contributed by atoms with Crippen molar-refractivity contribution >= 4 is 5.69 Å². The van der Waals surface area contributed by atoms with Crippen LogP contribution in [0, 0.1) is 13.8 Å². The van der Waals surface area contributed by atoms with Gasteiger partial charge in [-0.15, -0.1) is 0 Å². The number of rotatable bonds is 4. The van der Waals surface area contributed by atoms with Gasteiger partial charge in [0.25, 0.3) is 0 Å². The number of anilines is 1. The molecule has 2 heteroatoms. The quantitative estimate of drug-likeness (QED) is 0.795. The highest BCUT2D eigenvalue weighted by Gasteiger charge is 2.16. The smallest absolute Gasteiger partial charge is 0.0453 e. The zero-order valence-electron chi connectivity index (χ0n) is 10.1. The van der Waals surface area contributed by atoms with Crippen molar-refractivity contribution < 1.29 is 5.11 Å². The second kappa shape index (κ2) is 4.67. The molecule has 0 aliphatic rings. The number of aliphatic hydroxyl groups is 1. The van der Waals surface area contributed by atoms with E-state index in [-0.39, 0.29) is 12.1 Å². The molecule has 0 unspecified atom stereocenters. The third-order valence-electron chi connectivity index (χ3n) is 2.44. The Hall–Kier alpha value is -1.02. The lowest BCUT2D eigenvalue weighted by molar-refractivity contribution is 0.261. The topological polar surface area (TPSA) is 32.3 Å². The van der Waals surface area contributed by atoms with Crippen molar-refractivity contribution in [2.24, 2.45) is 0 Å². The van der Waals surface area contributed by atoms with Gasteiger partial charge in [-0.25, -0.2) is 0 Å². The Morgan fingerprint density at radius 3 is 2.13 bits per heavy atom. The summed E-state index contributed by atoms with van der Waals surface area (Å²) in [5.74, 6) is 0. The van der Waals surface area contributed by atoms with Gasteiger partial charge >= 0.3 is 0 Å². The maximum Gasteiger partial charge on any atom is 0.0453 e. The number of nitrogens with one attached hydrogen (secondary N) is 1. The minimum Gasteiger partial charge on any atom is -0.396 e. The van der Waals surface area contributed by atoms with Crippen LogP contribution >= 0.6 is 0 Å². The molecule has 0 saturated heterocycles. The average molecular weight is 207 g/mol. The fourth-order valence-corrected chi connectivity index (χ4v) is 1.78. The third kappa shape index (κ3) is 3.92. The molecule has 0 spiro atoms. The first-order valence-electron chi connectivity index (χ1n) is 5.40. The largest absolute Gasteiger partial charge is 0.396 e. The molecule has 0 bridgehead atoms. The van der Waals surface area contributed by atoms with E-state index in [1.165, 1.54) is 11.1 Å². The van der Waals surface area contributed by atoms with Gasteiger partial charge in [0.1, 0.15) is 0 Å². The molecule has 0 aromatic heterocycles. The summed E-state index contributed by atoms with van der Waals surface area (Å²) in [6.45, 7) is 8.60. The summed E-state index contributed by atoms with van der Waals surface area (Å²) in [5.41, 5.74) is 3.59. The Morgan fingerprint density at radius 1 is 1.13 bits per heavy atom. The van der Waals surface area contributed by atoms with E-state index in [0.717, 1.165) is 12.1 Å². The Balaban J connectivity index is 2.80. The van der Waals surface area contributed by atoms with Crippen LogP contribution in [0.15, 0.2) is 18.2 Å². The van der Waals surface area contributed by atoms with E-state index in [9.17, 15) is 0 Å². The summed E-state index contributed by atoms with van der Waals surface area (Å²) < 4.78 is 0. The molecule has 0 saturated carbocycles. The van der Waals surface area contributed by atoms with Gasteiger partial charge in [0.05, 0.1) is 0 Å². The van der Waals surface area contributed by atoms with Crippen molar-refractivity contribution in [1.82, 2.24) is 0 Å². The number of hydrogen-bond donors (Lipinski definition) is 2. The van der Waals surface area contributed by atoms with E-state index in [1.54, 1.807) is 0 Å². The molecule has 0 amide bonds. The molecule has 15 heavy (non-hydrogen) atoms. The van der Waals surface area contributed by atoms with Crippen molar-refractivity contribution in [2.75, 3.05) is 11.9 Å². The number of benzene rings is 1. The van der Waals surface area contributed by atoms with Gasteiger partial charge in [0.2, 0.25) is 0 Å². The standard InChI is InChI=1S/C13H21NO/c1-10-7-11(2)9-12(8-10)14-13(3,4)5-6-15/h7-9,14-15H,5-6H2,1-4H3. The van der Waals surface area contributed by atoms with Gasteiger partial charge in [0.15, 0.2) is 0 Å². The zero-order chi connectivity index (χ0) is 11.5. The highest BCUT2D eigenvalue weighted by molar-refractivity contribution is 5.49. The van der Waals surface area contributed by atoms with Crippen LogP contribution in [0.1, 0.15) is 31.4 Å². The second-order valence-corrected chi connectivity index (χ2v) is 4.86. The van der Waals surface area contributed by atoms with Crippen LogP contribution in [-0.4, -0.2) is 17.3 Å². The molecule has 0 heterocycles. The molecule has 0 radical (unpaired) electrons. The predicted molar refractivity (Wildman–Crippen MR) is 65.3 cm³/mol. The molecule has 2 N–H and O–H groups in total. The molecule has 0 fully saturated rings. The van der Waals surface area contributed by atoms with Crippen molar-refractivity contribution in [3.05, 3.63) is 29.3 Å². The summed E-state index contributed by atoms with van der Waals surface area (Å²) in [7, 11) is 0. The lowest BCUT2D eigenvalue weighted by atomic mass is 10.00. The Bertz CT molecular complexity index is 311. The van der Waals surface area contributed by atoms with E-state index >= 15 is 0 Å². The minimum absolute atomic E-state index is 0.0605. The van der Waals surface area contributed by atoms with E-state index in [0.29, 0.717) is 0 Å². The van der Waals surface area contributed by atoms with Gasteiger partial charge in [0, 0.05) is 17.8 Å². The minimum atomic E-state index is -0.0605. The van der Waals surface area contributed by atoms with Gasteiger partial charge in [-0.05, 0) is 57.4 Å². The van der Waals surface area contributed by atoms with Crippen LogP contribution in [0.25, 0.3) is 0 Å². The fraction of sp³-hybridized carbons (Fsp3) is 0.538. The highest BCUT2D eigenvalue weighted by atomic mass is 16.3. The van der Waals surface area contributed by atoms with Crippen LogP contribution in [0.5, 0.6) is 0 Å². The Kier molecular flexibility index (Phi) is 3.75. The van der Waals surface area contributed by atoms with Crippen LogP contribution in [0.3, 0.4) is 0 Å². The van der Waals surface area contributed by atoms with Crippen molar-refractivity contribution in [3.63, 3.8) is 0 Å². The first-order chi connectivity index (χ1) is 6.93. The molecule has 0 aliphatic heterocycles. The molecule has 1 aromatic rings. The maximum absolute atomic E-state index is 8.95. The SMILES string of the molecule is Cc1cc(C)cc(NC(C)(C)CCO)c1. The number of hydrogen-bond acceptors (Lipinski definition) is 2. The third-order valence-corrected chi connectivity index (χ3v) is 2.44. The van der Waals surface area contributed by atoms with Gasteiger partial charge in [-0.1, -0.05) is 6.07 Å². The van der Waals surface area contributed by atoms with E-state index in [1.807, 2.05) is 0 Å². The normalized spacial score (nSPS) is 11.5. The van der Waals surface area contributed by atoms with E-state index in [4.69, 9.17) is 5.11 Å².